The van der Waals surface area contributed by atoms with E-state index < -0.39 is 0 Å². The zero-order valence-electron chi connectivity index (χ0n) is 15.1. The number of nitrogens with zero attached hydrogens (tertiary/aromatic N) is 1. The van der Waals surface area contributed by atoms with E-state index in [9.17, 15) is 0 Å². The second-order valence-corrected chi connectivity index (χ2v) is 5.31. The lowest BCUT2D eigenvalue weighted by Gasteiger charge is -2.12. The fraction of sp³-hybridized carbons (Fsp3) is 0.611. The number of methoxy groups -OCH3 is 1. The van der Waals surface area contributed by atoms with E-state index in [-0.39, 0.29) is 0 Å². The Morgan fingerprint density at radius 3 is 2.54 bits per heavy atom. The lowest BCUT2D eigenvalue weighted by atomic mass is 10.2. The molecule has 0 aliphatic heterocycles. The predicted octanol–water partition coefficient (Wildman–Crippen LogP) is 1.98. The summed E-state index contributed by atoms with van der Waals surface area (Å²) in [7, 11) is 1.67. The summed E-state index contributed by atoms with van der Waals surface area (Å²) in [5, 5.41) is 6.49. The largest absolute Gasteiger partial charge is 0.492 e. The van der Waals surface area contributed by atoms with Crippen molar-refractivity contribution in [2.75, 3.05) is 53.2 Å². The number of rotatable bonds is 12. The molecule has 136 valence electrons. The van der Waals surface area contributed by atoms with Crippen molar-refractivity contribution in [2.45, 2.75) is 20.3 Å². The van der Waals surface area contributed by atoms with E-state index >= 15 is 0 Å². The van der Waals surface area contributed by atoms with Gasteiger partial charge in [0, 0.05) is 26.8 Å². The molecule has 1 rings (SSSR count). The molecule has 6 nitrogen and oxygen atoms in total. The molecule has 0 atom stereocenters. The van der Waals surface area contributed by atoms with E-state index in [1.165, 1.54) is 5.56 Å². The summed E-state index contributed by atoms with van der Waals surface area (Å²) >= 11 is 0. The van der Waals surface area contributed by atoms with Gasteiger partial charge in [-0.25, -0.2) is 0 Å². The Bertz CT molecular complexity index is 449. The Labute approximate surface area is 145 Å². The van der Waals surface area contributed by atoms with Gasteiger partial charge in [0.1, 0.15) is 12.4 Å². The van der Waals surface area contributed by atoms with Crippen molar-refractivity contribution < 1.29 is 14.2 Å². The Kier molecular flexibility index (Phi) is 11.5. The summed E-state index contributed by atoms with van der Waals surface area (Å²) in [6, 6.07) is 8.06. The maximum atomic E-state index is 5.69. The molecule has 0 aromatic heterocycles. The number of guanidine groups is 1. The monoisotopic (exact) mass is 337 g/mol. The van der Waals surface area contributed by atoms with Crippen molar-refractivity contribution >= 4 is 5.96 Å². The third-order valence-electron chi connectivity index (χ3n) is 3.18. The highest BCUT2D eigenvalue weighted by molar-refractivity contribution is 5.79. The van der Waals surface area contributed by atoms with Crippen LogP contribution in [0.3, 0.4) is 0 Å². The zero-order valence-corrected chi connectivity index (χ0v) is 15.1. The van der Waals surface area contributed by atoms with E-state index in [1.807, 2.05) is 31.2 Å². The van der Waals surface area contributed by atoms with Crippen molar-refractivity contribution in [1.29, 1.82) is 0 Å². The zero-order chi connectivity index (χ0) is 17.5. The lowest BCUT2D eigenvalue weighted by Crippen LogP contribution is -2.39. The van der Waals surface area contributed by atoms with Crippen LogP contribution in [0.25, 0.3) is 0 Å². The number of hydrogen-bond acceptors (Lipinski definition) is 4. The van der Waals surface area contributed by atoms with Crippen LogP contribution < -0.4 is 15.4 Å². The number of aryl methyl sites for hydroxylation is 1. The first-order chi connectivity index (χ1) is 11.8. The average molecular weight is 337 g/mol. The molecule has 0 saturated carbocycles. The summed E-state index contributed by atoms with van der Waals surface area (Å²) < 4.78 is 16.0. The van der Waals surface area contributed by atoms with E-state index in [2.05, 4.69) is 22.5 Å². The first-order valence-electron chi connectivity index (χ1n) is 8.54. The van der Waals surface area contributed by atoms with Gasteiger partial charge in [-0.1, -0.05) is 17.7 Å². The molecule has 1 aromatic carbocycles. The molecule has 1 aromatic rings. The second-order valence-electron chi connectivity index (χ2n) is 5.31. The summed E-state index contributed by atoms with van der Waals surface area (Å²) in [5.41, 5.74) is 1.23. The van der Waals surface area contributed by atoms with E-state index in [0.717, 1.165) is 31.2 Å². The number of ether oxygens (including phenoxy) is 3. The van der Waals surface area contributed by atoms with Gasteiger partial charge in [-0.15, -0.1) is 0 Å². The normalized spacial score (nSPS) is 11.4. The van der Waals surface area contributed by atoms with Crippen molar-refractivity contribution in [1.82, 2.24) is 10.6 Å². The number of nitrogens with one attached hydrogen (secondary N) is 2. The first kappa shape index (κ1) is 20.3. The van der Waals surface area contributed by atoms with Gasteiger partial charge in [0.25, 0.3) is 0 Å². The topological polar surface area (TPSA) is 64.1 Å². The molecule has 0 unspecified atom stereocenters. The predicted molar refractivity (Wildman–Crippen MR) is 98.0 cm³/mol. The van der Waals surface area contributed by atoms with Gasteiger partial charge in [-0.05, 0) is 32.4 Å². The van der Waals surface area contributed by atoms with E-state index in [4.69, 9.17) is 14.2 Å². The fourth-order valence-corrected chi connectivity index (χ4v) is 1.92. The van der Waals surface area contributed by atoms with Crippen LogP contribution in [-0.4, -0.2) is 59.1 Å². The molecule has 0 aliphatic rings. The summed E-state index contributed by atoms with van der Waals surface area (Å²) in [6.07, 6.45) is 0.889. The summed E-state index contributed by atoms with van der Waals surface area (Å²) in [5.74, 6) is 1.69. The average Bonchev–Trinajstić information content (AvgIpc) is 2.59. The van der Waals surface area contributed by atoms with Gasteiger partial charge < -0.3 is 24.8 Å². The second kappa shape index (κ2) is 13.6. The molecule has 0 heterocycles. The van der Waals surface area contributed by atoms with Crippen LogP contribution in [0.2, 0.25) is 0 Å². The van der Waals surface area contributed by atoms with E-state index in [0.29, 0.717) is 33.0 Å². The molecule has 24 heavy (non-hydrogen) atoms. The highest BCUT2D eigenvalue weighted by Crippen LogP contribution is 2.10. The first-order valence-corrected chi connectivity index (χ1v) is 8.54. The summed E-state index contributed by atoms with van der Waals surface area (Å²) in [6.45, 7) is 8.92. The Morgan fingerprint density at radius 2 is 1.83 bits per heavy atom. The minimum absolute atomic E-state index is 0.591. The van der Waals surface area contributed by atoms with Gasteiger partial charge >= 0.3 is 0 Å². The third kappa shape index (κ3) is 10.1. The standard InChI is InChI=1S/C18H31N3O3/c1-4-19-18(20-10-5-12-23-15-14-22-3)21-11-13-24-17-8-6-16(2)7-9-17/h6-9H,4-5,10-15H2,1-3H3,(H2,19,20,21). The van der Waals surface area contributed by atoms with Gasteiger partial charge in [0.05, 0.1) is 19.8 Å². The molecule has 0 amide bonds. The molecule has 0 radical (unpaired) electrons. The van der Waals surface area contributed by atoms with Crippen LogP contribution in [0.1, 0.15) is 18.9 Å². The van der Waals surface area contributed by atoms with Crippen LogP contribution in [0.5, 0.6) is 5.75 Å². The van der Waals surface area contributed by atoms with Crippen LogP contribution in [0.4, 0.5) is 0 Å². The van der Waals surface area contributed by atoms with Gasteiger partial charge in [-0.3, -0.25) is 4.99 Å². The van der Waals surface area contributed by atoms with Gasteiger partial charge in [0.2, 0.25) is 0 Å². The van der Waals surface area contributed by atoms with Crippen molar-refractivity contribution in [3.63, 3.8) is 0 Å². The molecule has 0 saturated heterocycles. The highest BCUT2D eigenvalue weighted by atomic mass is 16.5. The minimum Gasteiger partial charge on any atom is -0.492 e. The Balaban J connectivity index is 2.17. The quantitative estimate of drug-likeness (QED) is 0.347. The van der Waals surface area contributed by atoms with Crippen LogP contribution >= 0.6 is 0 Å². The lowest BCUT2D eigenvalue weighted by molar-refractivity contribution is 0.0702. The van der Waals surface area contributed by atoms with Crippen molar-refractivity contribution in [3.05, 3.63) is 29.8 Å². The van der Waals surface area contributed by atoms with Crippen molar-refractivity contribution in [2.24, 2.45) is 4.99 Å². The molecule has 0 bridgehead atoms. The Hall–Kier alpha value is -1.79. The minimum atomic E-state index is 0.591. The smallest absolute Gasteiger partial charge is 0.191 e. The molecular weight excluding hydrogens is 306 g/mol. The molecule has 0 aliphatic carbocycles. The molecule has 0 fully saturated rings. The fourth-order valence-electron chi connectivity index (χ4n) is 1.92. The highest BCUT2D eigenvalue weighted by Gasteiger charge is 1.98. The van der Waals surface area contributed by atoms with Crippen LogP contribution in [-0.2, 0) is 9.47 Å². The van der Waals surface area contributed by atoms with Crippen LogP contribution in [0, 0.1) is 6.92 Å². The maximum Gasteiger partial charge on any atom is 0.191 e. The van der Waals surface area contributed by atoms with Gasteiger partial charge in [-0.2, -0.15) is 0 Å². The molecule has 6 heteroatoms. The number of aliphatic imine (C=N–C) groups is 1. The van der Waals surface area contributed by atoms with E-state index in [1.54, 1.807) is 7.11 Å². The number of benzene rings is 1. The van der Waals surface area contributed by atoms with Gasteiger partial charge in [0.15, 0.2) is 5.96 Å². The molecular formula is C18H31N3O3. The summed E-state index contributed by atoms with van der Waals surface area (Å²) in [4.78, 5) is 4.52. The van der Waals surface area contributed by atoms with Crippen molar-refractivity contribution in [3.8, 4) is 5.75 Å². The molecule has 0 spiro atoms. The third-order valence-corrected chi connectivity index (χ3v) is 3.18. The maximum absolute atomic E-state index is 5.69. The Morgan fingerprint density at radius 1 is 1.04 bits per heavy atom. The SMILES string of the molecule is CCNC(=NCCCOCCOC)NCCOc1ccc(C)cc1. The number of hydrogen-bond donors (Lipinski definition) is 2. The van der Waals surface area contributed by atoms with Crippen LogP contribution in [0.15, 0.2) is 29.3 Å². The molecule has 2 N–H and O–H groups in total.